The number of benzene rings is 1. The van der Waals surface area contributed by atoms with Gasteiger partial charge in [-0.25, -0.2) is 4.79 Å². The van der Waals surface area contributed by atoms with Crippen LogP contribution >= 0.6 is 0 Å². The predicted molar refractivity (Wildman–Crippen MR) is 88.3 cm³/mol. The van der Waals surface area contributed by atoms with E-state index < -0.39 is 29.6 Å². The van der Waals surface area contributed by atoms with Crippen molar-refractivity contribution in [2.75, 3.05) is 6.54 Å². The standard InChI is InChI=1S/C18H25NO5/c1-17(2,3)24-16(22)19-11-13(20)15(23-18(19,4)5)14(21)12-9-7-6-8-10-12/h6-10,14-15,21H,11H2,1-5H3/t14-,15+/m1/s1. The molecule has 0 unspecified atom stereocenters. The third kappa shape index (κ3) is 4.13. The second-order valence-corrected chi connectivity index (χ2v) is 7.37. The number of Topliss-reactive ketones (excluding diaryl/α,β-unsaturated/α-hetero) is 1. The van der Waals surface area contributed by atoms with E-state index in [1.165, 1.54) is 4.90 Å². The molecule has 0 radical (unpaired) electrons. The number of hydrogen-bond acceptors (Lipinski definition) is 5. The molecule has 0 spiro atoms. The quantitative estimate of drug-likeness (QED) is 0.899. The molecule has 1 heterocycles. The molecule has 2 rings (SSSR count). The van der Waals surface area contributed by atoms with Crippen molar-refractivity contribution in [3.05, 3.63) is 35.9 Å². The number of nitrogens with zero attached hydrogens (tertiary/aromatic N) is 1. The molecule has 1 aliphatic heterocycles. The van der Waals surface area contributed by atoms with E-state index in [4.69, 9.17) is 9.47 Å². The van der Waals surface area contributed by atoms with Crippen molar-refractivity contribution in [3.63, 3.8) is 0 Å². The number of amides is 1. The predicted octanol–water partition coefficient (Wildman–Crippen LogP) is 2.66. The molecule has 0 saturated carbocycles. The van der Waals surface area contributed by atoms with Crippen LogP contribution in [0.15, 0.2) is 30.3 Å². The lowest BCUT2D eigenvalue weighted by Gasteiger charge is -2.45. The van der Waals surface area contributed by atoms with E-state index in [-0.39, 0.29) is 12.3 Å². The molecule has 1 aliphatic rings. The van der Waals surface area contributed by atoms with E-state index in [1.807, 2.05) is 6.07 Å². The van der Waals surface area contributed by atoms with Gasteiger partial charge in [0, 0.05) is 0 Å². The highest BCUT2D eigenvalue weighted by Crippen LogP contribution is 2.31. The monoisotopic (exact) mass is 335 g/mol. The maximum Gasteiger partial charge on any atom is 0.412 e. The summed E-state index contributed by atoms with van der Waals surface area (Å²) >= 11 is 0. The Morgan fingerprint density at radius 2 is 1.92 bits per heavy atom. The number of aliphatic hydroxyl groups is 1. The van der Waals surface area contributed by atoms with Crippen LogP contribution in [0, 0.1) is 0 Å². The normalized spacial score (nSPS) is 22.2. The summed E-state index contributed by atoms with van der Waals surface area (Å²) in [6.45, 7) is 8.45. The van der Waals surface area contributed by atoms with Crippen molar-refractivity contribution in [1.29, 1.82) is 0 Å². The molecule has 0 bridgehead atoms. The van der Waals surface area contributed by atoms with Gasteiger partial charge in [-0.2, -0.15) is 0 Å². The van der Waals surface area contributed by atoms with E-state index >= 15 is 0 Å². The highest BCUT2D eigenvalue weighted by molar-refractivity contribution is 5.89. The molecular formula is C18H25NO5. The Kier molecular flexibility index (Phi) is 5.01. The second kappa shape index (κ2) is 6.53. The van der Waals surface area contributed by atoms with Gasteiger partial charge in [0.2, 0.25) is 0 Å². The molecule has 1 aromatic rings. The molecule has 1 aromatic carbocycles. The van der Waals surface area contributed by atoms with Crippen molar-refractivity contribution in [3.8, 4) is 0 Å². The summed E-state index contributed by atoms with van der Waals surface area (Å²) in [6.07, 6.45) is -2.73. The lowest BCUT2D eigenvalue weighted by atomic mass is 9.98. The van der Waals surface area contributed by atoms with Crippen LogP contribution in [0.25, 0.3) is 0 Å². The van der Waals surface area contributed by atoms with Crippen molar-refractivity contribution in [2.24, 2.45) is 0 Å². The summed E-state index contributed by atoms with van der Waals surface area (Å²) in [4.78, 5) is 26.0. The number of ketones is 1. The first-order chi connectivity index (χ1) is 11.0. The third-order valence-electron chi connectivity index (χ3n) is 3.74. The Bertz CT molecular complexity index is 606. The van der Waals surface area contributed by atoms with Crippen LogP contribution in [0.3, 0.4) is 0 Å². The number of ether oxygens (including phenoxy) is 2. The summed E-state index contributed by atoms with van der Waals surface area (Å²) in [5.74, 6) is -0.364. The zero-order valence-electron chi connectivity index (χ0n) is 14.8. The van der Waals surface area contributed by atoms with E-state index in [2.05, 4.69) is 0 Å². The van der Waals surface area contributed by atoms with Gasteiger partial charge in [-0.05, 0) is 40.2 Å². The second-order valence-electron chi connectivity index (χ2n) is 7.37. The largest absolute Gasteiger partial charge is 0.444 e. The molecule has 6 heteroatoms. The molecule has 24 heavy (non-hydrogen) atoms. The first kappa shape index (κ1) is 18.4. The lowest BCUT2D eigenvalue weighted by molar-refractivity contribution is -0.211. The fourth-order valence-electron chi connectivity index (χ4n) is 2.54. The molecular weight excluding hydrogens is 310 g/mol. The molecule has 0 aromatic heterocycles. The van der Waals surface area contributed by atoms with Crippen LogP contribution in [0.2, 0.25) is 0 Å². The van der Waals surface area contributed by atoms with Gasteiger partial charge in [0.15, 0.2) is 11.9 Å². The smallest absolute Gasteiger partial charge is 0.412 e. The van der Waals surface area contributed by atoms with Gasteiger partial charge in [0.05, 0.1) is 6.54 Å². The summed E-state index contributed by atoms with van der Waals surface area (Å²) in [7, 11) is 0. The van der Waals surface area contributed by atoms with Crippen molar-refractivity contribution in [2.45, 2.75) is 58.2 Å². The molecule has 2 atom stereocenters. The van der Waals surface area contributed by atoms with Gasteiger partial charge in [0.1, 0.15) is 17.4 Å². The minimum absolute atomic E-state index is 0.170. The topological polar surface area (TPSA) is 76.1 Å². The Morgan fingerprint density at radius 3 is 2.46 bits per heavy atom. The molecule has 1 amide bonds. The Balaban J connectivity index is 2.17. The fraction of sp³-hybridized carbons (Fsp3) is 0.556. The zero-order chi connectivity index (χ0) is 18.1. The molecule has 1 N–H and O–H groups in total. The van der Waals surface area contributed by atoms with Crippen LogP contribution < -0.4 is 0 Å². The van der Waals surface area contributed by atoms with Crippen molar-refractivity contribution < 1.29 is 24.2 Å². The average Bonchev–Trinajstić information content (AvgIpc) is 2.47. The molecule has 0 aliphatic carbocycles. The van der Waals surface area contributed by atoms with Gasteiger partial charge in [-0.1, -0.05) is 30.3 Å². The minimum atomic E-state index is -1.08. The van der Waals surface area contributed by atoms with E-state index in [9.17, 15) is 14.7 Å². The fourth-order valence-corrected chi connectivity index (χ4v) is 2.54. The summed E-state index contributed by atoms with van der Waals surface area (Å²) in [6, 6.07) is 8.85. The van der Waals surface area contributed by atoms with Gasteiger partial charge in [0.25, 0.3) is 0 Å². The van der Waals surface area contributed by atoms with Crippen LogP contribution in [-0.4, -0.2) is 45.9 Å². The Morgan fingerprint density at radius 1 is 1.33 bits per heavy atom. The minimum Gasteiger partial charge on any atom is -0.444 e. The maximum atomic E-state index is 12.4. The van der Waals surface area contributed by atoms with E-state index in [0.29, 0.717) is 5.56 Å². The average molecular weight is 335 g/mol. The highest BCUT2D eigenvalue weighted by Gasteiger charge is 2.47. The highest BCUT2D eigenvalue weighted by atomic mass is 16.6. The molecule has 1 fully saturated rings. The van der Waals surface area contributed by atoms with Gasteiger partial charge >= 0.3 is 6.09 Å². The summed E-state index contributed by atoms with van der Waals surface area (Å²) in [5.41, 5.74) is -1.15. The Labute approximate surface area is 142 Å². The zero-order valence-corrected chi connectivity index (χ0v) is 14.8. The number of rotatable bonds is 2. The molecule has 6 nitrogen and oxygen atoms in total. The number of carbonyl (C=O) groups is 2. The molecule has 1 saturated heterocycles. The van der Waals surface area contributed by atoms with Gasteiger partial charge in [-0.15, -0.1) is 0 Å². The SMILES string of the molecule is CC(C)(C)OC(=O)N1CC(=O)[C@@H]([C@H](O)c2ccccc2)OC1(C)C. The first-order valence-corrected chi connectivity index (χ1v) is 7.95. The van der Waals surface area contributed by atoms with Gasteiger partial charge in [-0.3, -0.25) is 9.69 Å². The summed E-state index contributed by atoms with van der Waals surface area (Å²) in [5, 5.41) is 10.5. The van der Waals surface area contributed by atoms with Crippen LogP contribution in [-0.2, 0) is 14.3 Å². The number of hydrogen-bond donors (Lipinski definition) is 1. The number of carbonyl (C=O) groups excluding carboxylic acids is 2. The first-order valence-electron chi connectivity index (χ1n) is 7.95. The lowest BCUT2D eigenvalue weighted by Crippen LogP contribution is -2.61. The molecule has 132 valence electrons. The van der Waals surface area contributed by atoms with Crippen LogP contribution in [0.1, 0.15) is 46.3 Å². The summed E-state index contributed by atoms with van der Waals surface area (Å²) < 4.78 is 11.1. The van der Waals surface area contributed by atoms with Crippen LogP contribution in [0.4, 0.5) is 4.79 Å². The maximum absolute atomic E-state index is 12.4. The van der Waals surface area contributed by atoms with Gasteiger partial charge < -0.3 is 14.6 Å². The van der Waals surface area contributed by atoms with Crippen molar-refractivity contribution >= 4 is 11.9 Å². The third-order valence-corrected chi connectivity index (χ3v) is 3.74. The van der Waals surface area contributed by atoms with Crippen molar-refractivity contribution in [1.82, 2.24) is 4.90 Å². The van der Waals surface area contributed by atoms with E-state index in [1.54, 1.807) is 58.9 Å². The van der Waals surface area contributed by atoms with E-state index in [0.717, 1.165) is 0 Å². The van der Waals surface area contributed by atoms with Crippen LogP contribution in [0.5, 0.6) is 0 Å². The number of aliphatic hydroxyl groups excluding tert-OH is 1. The Hall–Kier alpha value is -1.92.